The molecule has 0 unspecified atom stereocenters. The van der Waals surface area contributed by atoms with E-state index < -0.39 is 11.2 Å². The van der Waals surface area contributed by atoms with E-state index in [1.165, 1.54) is 22.9 Å². The molecule has 28 heavy (non-hydrogen) atoms. The lowest BCUT2D eigenvalue weighted by Gasteiger charge is -2.12. The van der Waals surface area contributed by atoms with E-state index in [4.69, 9.17) is 4.74 Å². The van der Waals surface area contributed by atoms with Crippen LogP contribution in [0.2, 0.25) is 0 Å². The number of hydrogen-bond donors (Lipinski definition) is 1. The average Bonchev–Trinajstić information content (AvgIpc) is 3.08. The maximum atomic E-state index is 11.2. The summed E-state index contributed by atoms with van der Waals surface area (Å²) in [5.74, 6) is 0.563. The van der Waals surface area contributed by atoms with Crippen molar-refractivity contribution in [2.75, 3.05) is 0 Å². The molecule has 0 saturated carbocycles. The molecular formula is C21H23N3O3S. The van der Waals surface area contributed by atoms with Gasteiger partial charge in [-0.3, -0.25) is 4.79 Å². The first-order valence-electron chi connectivity index (χ1n) is 9.08. The van der Waals surface area contributed by atoms with E-state index in [9.17, 15) is 9.90 Å². The second-order valence-electron chi connectivity index (χ2n) is 6.49. The third-order valence-electron chi connectivity index (χ3n) is 4.28. The second-order valence-corrected chi connectivity index (χ2v) is 7.79. The predicted molar refractivity (Wildman–Crippen MR) is 109 cm³/mol. The molecule has 2 aromatic carbocycles. The molecule has 6 nitrogen and oxygen atoms in total. The van der Waals surface area contributed by atoms with Gasteiger partial charge < -0.3 is 14.4 Å². The van der Waals surface area contributed by atoms with E-state index in [0.717, 1.165) is 12.2 Å². The van der Waals surface area contributed by atoms with Gasteiger partial charge >= 0.3 is 5.97 Å². The lowest BCUT2D eigenvalue weighted by molar-refractivity contribution is -0.136. The summed E-state index contributed by atoms with van der Waals surface area (Å²) in [5, 5.41) is 17.7. The quantitative estimate of drug-likeness (QED) is 0.551. The highest BCUT2D eigenvalue weighted by Gasteiger charge is 2.19. The summed E-state index contributed by atoms with van der Waals surface area (Å²) in [6.45, 7) is 4.59. The van der Waals surface area contributed by atoms with Crippen molar-refractivity contribution in [2.24, 2.45) is 0 Å². The topological polar surface area (TPSA) is 77.2 Å². The largest absolute Gasteiger partial charge is 0.486 e. The smallest absolute Gasteiger partial charge is 0.316 e. The van der Waals surface area contributed by atoms with Crippen molar-refractivity contribution in [1.29, 1.82) is 0 Å². The maximum absolute atomic E-state index is 11.2. The number of carboxylic acids is 1. The molecule has 3 rings (SSSR count). The lowest BCUT2D eigenvalue weighted by atomic mass is 10.1. The number of aromatic nitrogens is 3. The van der Waals surface area contributed by atoms with E-state index >= 15 is 0 Å². The Morgan fingerprint density at radius 3 is 2.54 bits per heavy atom. The van der Waals surface area contributed by atoms with Crippen LogP contribution in [0.4, 0.5) is 0 Å². The standard InChI is InChI=1S/C21H23N3O3S/c1-15-8-10-18(11-9-15)27-14-19-22-23-21(28-16(2)20(25)26)24(19)13-12-17-6-4-3-5-7-17/h3-11,16H,12-14H2,1-2H3,(H,25,26)/t16-/m0/s1. The molecule has 7 heteroatoms. The lowest BCUT2D eigenvalue weighted by Crippen LogP contribution is -2.15. The van der Waals surface area contributed by atoms with E-state index in [1.54, 1.807) is 6.92 Å². The van der Waals surface area contributed by atoms with Crippen LogP contribution >= 0.6 is 11.8 Å². The molecule has 0 aliphatic heterocycles. The van der Waals surface area contributed by atoms with Crippen molar-refractivity contribution in [2.45, 2.75) is 43.8 Å². The zero-order valence-electron chi connectivity index (χ0n) is 15.9. The number of ether oxygens (including phenoxy) is 1. The minimum Gasteiger partial charge on any atom is -0.486 e. The molecule has 0 bridgehead atoms. The number of hydrogen-bond acceptors (Lipinski definition) is 5. The molecule has 1 N–H and O–H groups in total. The summed E-state index contributed by atoms with van der Waals surface area (Å²) in [4.78, 5) is 11.2. The molecular weight excluding hydrogens is 374 g/mol. The zero-order chi connectivity index (χ0) is 19.9. The van der Waals surface area contributed by atoms with Gasteiger partial charge in [-0.05, 0) is 38.0 Å². The molecule has 1 atom stereocenters. The van der Waals surface area contributed by atoms with Crippen molar-refractivity contribution in [3.05, 3.63) is 71.5 Å². The van der Waals surface area contributed by atoms with E-state index in [-0.39, 0.29) is 6.61 Å². The normalized spacial score (nSPS) is 11.9. The monoisotopic (exact) mass is 397 g/mol. The molecule has 1 aromatic heterocycles. The first kappa shape index (κ1) is 19.9. The Hall–Kier alpha value is -2.80. The molecule has 0 fully saturated rings. The third kappa shape index (κ3) is 5.36. The van der Waals surface area contributed by atoms with Gasteiger partial charge in [-0.1, -0.05) is 59.8 Å². The van der Waals surface area contributed by atoms with E-state index in [1.807, 2.05) is 54.0 Å². The third-order valence-corrected chi connectivity index (χ3v) is 5.35. The molecule has 3 aromatic rings. The number of aryl methyl sites for hydroxylation is 2. The molecule has 0 amide bonds. The Morgan fingerprint density at radius 1 is 1.14 bits per heavy atom. The van der Waals surface area contributed by atoms with Crippen LogP contribution in [-0.4, -0.2) is 31.1 Å². The van der Waals surface area contributed by atoms with Gasteiger partial charge in [0.1, 0.15) is 17.6 Å². The fraction of sp³-hybridized carbons (Fsp3) is 0.286. The first-order chi connectivity index (χ1) is 13.5. The summed E-state index contributed by atoms with van der Waals surface area (Å²) in [6, 6.07) is 18.0. The van der Waals surface area contributed by atoms with Crippen LogP contribution in [0.5, 0.6) is 5.75 Å². The Morgan fingerprint density at radius 2 is 1.86 bits per heavy atom. The number of benzene rings is 2. The number of thioether (sulfide) groups is 1. The fourth-order valence-electron chi connectivity index (χ4n) is 2.61. The van der Waals surface area contributed by atoms with Crippen molar-refractivity contribution >= 4 is 17.7 Å². The first-order valence-corrected chi connectivity index (χ1v) is 9.96. The Kier molecular flexibility index (Phi) is 6.71. The second kappa shape index (κ2) is 9.41. The van der Waals surface area contributed by atoms with Crippen molar-refractivity contribution in [3.63, 3.8) is 0 Å². The molecule has 0 aliphatic carbocycles. The minimum absolute atomic E-state index is 0.271. The van der Waals surface area contributed by atoms with Crippen molar-refractivity contribution in [1.82, 2.24) is 14.8 Å². The summed E-state index contributed by atoms with van der Waals surface area (Å²) in [7, 11) is 0. The van der Waals surface area contributed by atoms with Crippen LogP contribution in [-0.2, 0) is 24.4 Å². The van der Waals surface area contributed by atoms with Gasteiger partial charge in [0.15, 0.2) is 11.0 Å². The SMILES string of the molecule is Cc1ccc(OCc2nnc(S[C@@H](C)C(=O)O)n2CCc2ccccc2)cc1. The van der Waals surface area contributed by atoms with Gasteiger partial charge in [-0.25, -0.2) is 0 Å². The molecule has 0 saturated heterocycles. The van der Waals surface area contributed by atoms with Gasteiger partial charge in [-0.2, -0.15) is 0 Å². The number of rotatable bonds is 9. The summed E-state index contributed by atoms with van der Waals surface area (Å²) in [5.41, 5.74) is 2.36. The van der Waals surface area contributed by atoms with Crippen molar-refractivity contribution < 1.29 is 14.6 Å². The van der Waals surface area contributed by atoms with E-state index in [0.29, 0.717) is 17.5 Å². The van der Waals surface area contributed by atoms with Crippen LogP contribution in [0, 0.1) is 6.92 Å². The highest BCUT2D eigenvalue weighted by molar-refractivity contribution is 8.00. The molecule has 0 spiro atoms. The molecule has 1 heterocycles. The predicted octanol–water partition coefficient (Wildman–Crippen LogP) is 3.97. The molecule has 146 valence electrons. The Labute approximate surface area is 168 Å². The van der Waals surface area contributed by atoms with Crippen LogP contribution in [0.15, 0.2) is 59.8 Å². The van der Waals surface area contributed by atoms with Crippen molar-refractivity contribution in [3.8, 4) is 5.75 Å². The average molecular weight is 398 g/mol. The maximum Gasteiger partial charge on any atom is 0.316 e. The summed E-state index contributed by atoms with van der Waals surface area (Å²) in [6.07, 6.45) is 0.797. The fourth-order valence-corrected chi connectivity index (χ4v) is 3.44. The number of carboxylic acid groups (broad SMARTS) is 1. The van der Waals surface area contributed by atoms with Crippen LogP contribution in [0.1, 0.15) is 23.9 Å². The van der Waals surface area contributed by atoms with Gasteiger partial charge in [0.2, 0.25) is 0 Å². The highest BCUT2D eigenvalue weighted by Crippen LogP contribution is 2.24. The van der Waals surface area contributed by atoms with Gasteiger partial charge in [0.25, 0.3) is 0 Å². The number of aliphatic carboxylic acids is 1. The Balaban J connectivity index is 1.76. The summed E-state index contributed by atoms with van der Waals surface area (Å²) < 4.78 is 7.81. The minimum atomic E-state index is -0.875. The summed E-state index contributed by atoms with van der Waals surface area (Å²) >= 11 is 1.19. The molecule has 0 aliphatic rings. The van der Waals surface area contributed by atoms with Gasteiger partial charge in [0, 0.05) is 6.54 Å². The Bertz CT molecular complexity index is 910. The van der Waals surface area contributed by atoms with Gasteiger partial charge in [0.05, 0.1) is 0 Å². The van der Waals surface area contributed by atoms with Crippen LogP contribution in [0.3, 0.4) is 0 Å². The number of nitrogens with zero attached hydrogens (tertiary/aromatic N) is 3. The van der Waals surface area contributed by atoms with E-state index in [2.05, 4.69) is 22.3 Å². The van der Waals surface area contributed by atoms with Crippen LogP contribution < -0.4 is 4.74 Å². The van der Waals surface area contributed by atoms with Crippen LogP contribution in [0.25, 0.3) is 0 Å². The number of carbonyl (C=O) groups is 1. The highest BCUT2D eigenvalue weighted by atomic mass is 32.2. The van der Waals surface area contributed by atoms with Gasteiger partial charge in [-0.15, -0.1) is 10.2 Å². The zero-order valence-corrected chi connectivity index (χ0v) is 16.7. The molecule has 0 radical (unpaired) electrons.